The van der Waals surface area contributed by atoms with Crippen molar-refractivity contribution in [2.45, 2.75) is 23.5 Å². The van der Waals surface area contributed by atoms with E-state index in [-0.39, 0.29) is 5.75 Å². The minimum atomic E-state index is -0.610. The number of halogens is 2. The van der Waals surface area contributed by atoms with Crippen LogP contribution in [0.5, 0.6) is 5.75 Å². The zero-order chi connectivity index (χ0) is 23.2. The Morgan fingerprint density at radius 1 is 0.848 bits per heavy atom. The monoisotopic (exact) mass is 498 g/mol. The highest BCUT2D eigenvalue weighted by Crippen LogP contribution is 2.30. The van der Waals surface area contributed by atoms with E-state index in [2.05, 4.69) is 22.1 Å². The van der Waals surface area contributed by atoms with E-state index in [4.69, 9.17) is 27.9 Å². The number of carbonyl (C=O) groups excluding carboxylic acids is 1. The van der Waals surface area contributed by atoms with Gasteiger partial charge in [-0.1, -0.05) is 53.5 Å². The van der Waals surface area contributed by atoms with Gasteiger partial charge in [0, 0.05) is 23.0 Å². The second-order valence-corrected chi connectivity index (χ2v) is 9.23. The van der Waals surface area contributed by atoms with Crippen LogP contribution in [0, 0.1) is 0 Å². The number of pyridine rings is 1. The molecule has 33 heavy (non-hydrogen) atoms. The van der Waals surface area contributed by atoms with Crippen molar-refractivity contribution in [2.75, 3.05) is 0 Å². The predicted molar refractivity (Wildman–Crippen MR) is 133 cm³/mol. The third kappa shape index (κ3) is 6.32. The lowest BCUT2D eigenvalue weighted by Gasteiger charge is -2.06. The quantitative estimate of drug-likeness (QED) is 0.220. The zero-order valence-corrected chi connectivity index (χ0v) is 19.8. The Bertz CT molecular complexity index is 1320. The van der Waals surface area contributed by atoms with Gasteiger partial charge >= 0.3 is 5.97 Å². The molecule has 4 rings (SSSR count). The van der Waals surface area contributed by atoms with Gasteiger partial charge in [0.15, 0.2) is 5.75 Å². The summed E-state index contributed by atoms with van der Waals surface area (Å²) in [6.07, 6.45) is 5.04. The number of benzene rings is 2. The number of rotatable bonds is 8. The molecule has 0 aliphatic heterocycles. The smallest absolute Gasteiger partial charge is 0.360 e. The first kappa shape index (κ1) is 23.2. The van der Waals surface area contributed by atoms with Crippen LogP contribution < -0.4 is 10.3 Å². The minimum absolute atomic E-state index is 0.0484. The Balaban J connectivity index is 1.38. The normalized spacial score (nSPS) is 10.8. The maximum Gasteiger partial charge on any atom is 0.360 e. The summed E-state index contributed by atoms with van der Waals surface area (Å²) in [6.45, 7) is 0. The van der Waals surface area contributed by atoms with E-state index in [1.165, 1.54) is 17.3 Å². The molecule has 2 aromatic carbocycles. The summed E-state index contributed by atoms with van der Waals surface area (Å²) in [5.41, 5.74) is 2.84. The van der Waals surface area contributed by atoms with Crippen LogP contribution >= 0.6 is 35.0 Å². The second-order valence-electron chi connectivity index (χ2n) is 7.36. The summed E-state index contributed by atoms with van der Waals surface area (Å²) in [5.74, 6) is -0.112. The number of ether oxygens (including phenoxy) is 1. The number of aromatic nitrogens is 2. The van der Waals surface area contributed by atoms with Gasteiger partial charge in [-0.3, -0.25) is 4.79 Å². The molecular weight excluding hydrogens is 479 g/mol. The van der Waals surface area contributed by atoms with Gasteiger partial charge in [0.2, 0.25) is 0 Å². The van der Waals surface area contributed by atoms with Crippen molar-refractivity contribution in [3.63, 3.8) is 0 Å². The van der Waals surface area contributed by atoms with Gasteiger partial charge in [-0.25, -0.2) is 4.79 Å². The summed E-state index contributed by atoms with van der Waals surface area (Å²) < 4.78 is 5.37. The number of aromatic amines is 2. The average molecular weight is 499 g/mol. The first-order valence-electron chi connectivity index (χ1n) is 10.2. The molecule has 0 unspecified atom stereocenters. The molecular formula is C25H20Cl2N2O3S. The second kappa shape index (κ2) is 10.8. The van der Waals surface area contributed by atoms with E-state index in [0.29, 0.717) is 21.5 Å². The van der Waals surface area contributed by atoms with Crippen LogP contribution in [-0.4, -0.2) is 15.9 Å². The molecule has 0 saturated carbocycles. The third-order valence-electron chi connectivity index (χ3n) is 4.94. The van der Waals surface area contributed by atoms with Crippen LogP contribution in [0.3, 0.4) is 0 Å². The van der Waals surface area contributed by atoms with Gasteiger partial charge < -0.3 is 14.7 Å². The van der Waals surface area contributed by atoms with Crippen molar-refractivity contribution in [3.8, 4) is 5.75 Å². The van der Waals surface area contributed by atoms with Crippen molar-refractivity contribution in [1.29, 1.82) is 0 Å². The first-order chi connectivity index (χ1) is 16.0. The molecule has 5 nitrogen and oxygen atoms in total. The number of thioether (sulfide) groups is 1. The van der Waals surface area contributed by atoms with Crippen LogP contribution in [0.25, 0.3) is 0 Å². The molecule has 168 valence electrons. The molecule has 0 fully saturated rings. The molecule has 0 atom stereocenters. The van der Waals surface area contributed by atoms with Crippen LogP contribution in [0.2, 0.25) is 10.0 Å². The highest BCUT2D eigenvalue weighted by molar-refractivity contribution is 7.98. The van der Waals surface area contributed by atoms with Gasteiger partial charge in [-0.05, 0) is 59.9 Å². The Kier molecular flexibility index (Phi) is 7.60. The molecule has 2 heterocycles. The predicted octanol–water partition coefficient (Wildman–Crippen LogP) is 6.31. The summed E-state index contributed by atoms with van der Waals surface area (Å²) in [6, 6.07) is 18.8. The molecule has 2 N–H and O–H groups in total. The molecule has 0 aliphatic carbocycles. The number of hydrogen-bond donors (Lipinski definition) is 2. The largest absolute Gasteiger partial charge is 0.416 e. The number of nitrogens with one attached hydrogen (secondary N) is 2. The molecule has 0 saturated heterocycles. The Morgan fingerprint density at radius 3 is 2.39 bits per heavy atom. The van der Waals surface area contributed by atoms with E-state index >= 15 is 0 Å². The van der Waals surface area contributed by atoms with Crippen molar-refractivity contribution in [3.05, 3.63) is 116 Å². The van der Waals surface area contributed by atoms with Gasteiger partial charge in [0.1, 0.15) is 5.69 Å². The fourth-order valence-electron chi connectivity index (χ4n) is 3.19. The van der Waals surface area contributed by atoms with Gasteiger partial charge in [-0.15, -0.1) is 11.8 Å². The topological polar surface area (TPSA) is 75.0 Å². The van der Waals surface area contributed by atoms with Crippen LogP contribution in [0.15, 0.2) is 82.7 Å². The molecule has 2 aromatic heterocycles. The number of carbonyl (C=O) groups is 1. The lowest BCUT2D eigenvalue weighted by atomic mass is 10.1. The Labute approximate surface area is 205 Å². The van der Waals surface area contributed by atoms with Gasteiger partial charge in [0.25, 0.3) is 5.56 Å². The maximum absolute atomic E-state index is 12.6. The minimum Gasteiger partial charge on any atom is -0.416 e. The fraction of sp³-hybridized carbons (Fsp3) is 0.120. The SMILES string of the molecule is O=C(Oc1cc(CSc2ccc(Cl)c(Cl)c2)c[nH]c1=O)c1cc(CCc2ccccc2)c[nH]1. The fourth-order valence-corrected chi connectivity index (χ4v) is 4.42. The van der Waals surface area contributed by atoms with E-state index in [9.17, 15) is 9.59 Å². The lowest BCUT2D eigenvalue weighted by Crippen LogP contribution is -2.17. The van der Waals surface area contributed by atoms with Crippen molar-refractivity contribution >= 4 is 40.9 Å². The van der Waals surface area contributed by atoms with Crippen LogP contribution in [-0.2, 0) is 18.6 Å². The number of H-pyrrole nitrogens is 2. The molecule has 0 bridgehead atoms. The van der Waals surface area contributed by atoms with Gasteiger partial charge in [0.05, 0.1) is 10.0 Å². The summed E-state index contributed by atoms with van der Waals surface area (Å²) in [4.78, 5) is 31.2. The van der Waals surface area contributed by atoms with E-state index in [1.54, 1.807) is 36.7 Å². The number of esters is 1. The Hall–Kier alpha value is -2.93. The maximum atomic E-state index is 12.6. The molecule has 0 spiro atoms. The Morgan fingerprint density at radius 2 is 1.61 bits per heavy atom. The van der Waals surface area contributed by atoms with E-state index < -0.39 is 11.5 Å². The van der Waals surface area contributed by atoms with Crippen molar-refractivity contribution in [1.82, 2.24) is 9.97 Å². The molecule has 4 aromatic rings. The number of hydrogen-bond acceptors (Lipinski definition) is 4. The molecule has 0 radical (unpaired) electrons. The van der Waals surface area contributed by atoms with E-state index in [0.717, 1.165) is 28.9 Å². The molecule has 8 heteroatoms. The zero-order valence-electron chi connectivity index (χ0n) is 17.4. The number of aryl methyl sites for hydroxylation is 2. The van der Waals surface area contributed by atoms with Crippen LogP contribution in [0.4, 0.5) is 0 Å². The van der Waals surface area contributed by atoms with Crippen LogP contribution in [0.1, 0.15) is 27.2 Å². The summed E-state index contributed by atoms with van der Waals surface area (Å²) in [5, 5.41) is 0.971. The van der Waals surface area contributed by atoms with Crippen molar-refractivity contribution in [2.24, 2.45) is 0 Å². The van der Waals surface area contributed by atoms with Gasteiger partial charge in [-0.2, -0.15) is 0 Å². The third-order valence-corrected chi connectivity index (χ3v) is 6.74. The lowest BCUT2D eigenvalue weighted by molar-refractivity contribution is 0.0726. The molecule has 0 aliphatic rings. The average Bonchev–Trinajstić information content (AvgIpc) is 3.30. The highest BCUT2D eigenvalue weighted by atomic mass is 35.5. The van der Waals surface area contributed by atoms with Crippen molar-refractivity contribution < 1.29 is 9.53 Å². The standard InChI is InChI=1S/C25H20Cl2N2O3S/c26-20-9-8-19(12-21(20)27)33-15-18-11-23(24(30)29-14-18)32-25(31)22-10-17(13-28-22)7-6-16-4-2-1-3-5-16/h1-5,8-14,28H,6-7,15H2,(H,29,30). The molecule has 0 amide bonds. The summed E-state index contributed by atoms with van der Waals surface area (Å²) in [7, 11) is 0. The first-order valence-corrected chi connectivity index (χ1v) is 11.9. The summed E-state index contributed by atoms with van der Waals surface area (Å²) >= 11 is 13.5. The van der Waals surface area contributed by atoms with E-state index in [1.807, 2.05) is 24.3 Å². The highest BCUT2D eigenvalue weighted by Gasteiger charge is 2.14.